The van der Waals surface area contributed by atoms with Crippen LogP contribution in [0.2, 0.25) is 0 Å². The van der Waals surface area contributed by atoms with Crippen LogP contribution in [0.3, 0.4) is 0 Å². The standard InChI is InChI=1S/C5H8O5S/c1-5(4-7)11(8,9)10-3-2-6/h4,6H,1-3H2. The monoisotopic (exact) mass is 180 g/mol. The number of hydrogen-bond donors (Lipinski definition) is 1. The number of aliphatic hydroxyl groups excluding tert-OH is 1. The van der Waals surface area contributed by atoms with Crippen LogP contribution < -0.4 is 0 Å². The molecule has 5 nitrogen and oxygen atoms in total. The van der Waals surface area contributed by atoms with Gasteiger partial charge in [-0.1, -0.05) is 6.58 Å². The van der Waals surface area contributed by atoms with Gasteiger partial charge in [-0.15, -0.1) is 0 Å². The van der Waals surface area contributed by atoms with Crippen molar-refractivity contribution in [2.75, 3.05) is 13.2 Å². The van der Waals surface area contributed by atoms with Crippen LogP contribution in [0.15, 0.2) is 11.5 Å². The van der Waals surface area contributed by atoms with E-state index < -0.39 is 21.6 Å². The van der Waals surface area contributed by atoms with Gasteiger partial charge in [0.25, 0.3) is 10.1 Å². The molecule has 0 unspecified atom stereocenters. The van der Waals surface area contributed by atoms with Crippen molar-refractivity contribution in [3.05, 3.63) is 11.5 Å². The second-order valence-electron chi connectivity index (χ2n) is 1.58. The molecular weight excluding hydrogens is 172 g/mol. The van der Waals surface area contributed by atoms with Crippen LogP contribution in [0.25, 0.3) is 0 Å². The summed E-state index contributed by atoms with van der Waals surface area (Å²) in [5, 5.41) is 8.18. The summed E-state index contributed by atoms with van der Waals surface area (Å²) in [4.78, 5) is 9.25. The minimum absolute atomic E-state index is 0.0761. The van der Waals surface area contributed by atoms with Crippen LogP contribution in [0.4, 0.5) is 0 Å². The number of carbonyl (C=O) groups is 1. The van der Waals surface area contributed by atoms with Crippen molar-refractivity contribution < 1.29 is 22.5 Å². The van der Waals surface area contributed by atoms with E-state index in [0.717, 1.165) is 0 Å². The Morgan fingerprint density at radius 2 is 2.18 bits per heavy atom. The summed E-state index contributed by atoms with van der Waals surface area (Å²) in [5.74, 6) is 0. The van der Waals surface area contributed by atoms with Crippen LogP contribution in [0, 0.1) is 0 Å². The lowest BCUT2D eigenvalue weighted by Crippen LogP contribution is -2.11. The zero-order chi connectivity index (χ0) is 8.91. The van der Waals surface area contributed by atoms with E-state index in [2.05, 4.69) is 10.8 Å². The number of hydrogen-bond acceptors (Lipinski definition) is 5. The van der Waals surface area contributed by atoms with Crippen LogP contribution in [-0.2, 0) is 19.1 Å². The van der Waals surface area contributed by atoms with E-state index in [4.69, 9.17) is 5.11 Å². The minimum atomic E-state index is -3.99. The SMILES string of the molecule is C=C(C=O)S(=O)(=O)OCCO. The van der Waals surface area contributed by atoms with E-state index in [1.54, 1.807) is 0 Å². The molecule has 0 spiro atoms. The summed E-state index contributed by atoms with van der Waals surface area (Å²) >= 11 is 0. The molecule has 0 rings (SSSR count). The Morgan fingerprint density at radius 3 is 2.55 bits per heavy atom. The van der Waals surface area contributed by atoms with Gasteiger partial charge in [0.2, 0.25) is 0 Å². The summed E-state index contributed by atoms with van der Waals surface area (Å²) in [6, 6.07) is 0. The fraction of sp³-hybridized carbons (Fsp3) is 0.400. The quantitative estimate of drug-likeness (QED) is 0.335. The molecular formula is C5H8O5S. The first-order chi connectivity index (χ1) is 5.04. The average Bonchev–Trinajstić information content (AvgIpc) is 1.99. The predicted molar refractivity (Wildman–Crippen MR) is 37.2 cm³/mol. The third-order valence-corrected chi connectivity index (χ3v) is 2.00. The maximum Gasteiger partial charge on any atom is 0.299 e. The number of allylic oxidation sites excluding steroid dienone is 1. The van der Waals surface area contributed by atoms with Gasteiger partial charge in [0.05, 0.1) is 13.2 Å². The second kappa shape index (κ2) is 4.22. The summed E-state index contributed by atoms with van der Waals surface area (Å²) in [6.45, 7) is 2.14. The zero-order valence-electron chi connectivity index (χ0n) is 5.69. The first-order valence-electron chi connectivity index (χ1n) is 2.69. The van der Waals surface area contributed by atoms with E-state index in [0.29, 0.717) is 0 Å². The molecule has 0 radical (unpaired) electrons. The highest BCUT2D eigenvalue weighted by Crippen LogP contribution is 2.02. The van der Waals surface area contributed by atoms with Crippen molar-refractivity contribution in [1.82, 2.24) is 0 Å². The van der Waals surface area contributed by atoms with Crippen molar-refractivity contribution in [2.24, 2.45) is 0 Å². The Hall–Kier alpha value is -0.720. The molecule has 0 aromatic heterocycles. The minimum Gasteiger partial charge on any atom is -0.394 e. The molecule has 0 aromatic rings. The lowest BCUT2D eigenvalue weighted by Gasteiger charge is -1.99. The van der Waals surface area contributed by atoms with Crippen LogP contribution >= 0.6 is 0 Å². The second-order valence-corrected chi connectivity index (χ2v) is 3.25. The number of carbonyl (C=O) groups excluding carboxylic acids is 1. The topological polar surface area (TPSA) is 80.7 Å². The van der Waals surface area contributed by atoms with Gasteiger partial charge in [-0.3, -0.25) is 8.98 Å². The summed E-state index contributed by atoms with van der Waals surface area (Å²) < 4.78 is 25.4. The van der Waals surface area contributed by atoms with E-state index >= 15 is 0 Å². The lowest BCUT2D eigenvalue weighted by atomic mass is 10.7. The summed E-state index contributed by atoms with van der Waals surface area (Å²) in [6.07, 6.45) is 0.0761. The molecule has 0 aliphatic heterocycles. The van der Waals surface area contributed by atoms with Gasteiger partial charge in [-0.05, 0) is 0 Å². The molecule has 0 fully saturated rings. The van der Waals surface area contributed by atoms with E-state index in [-0.39, 0.29) is 12.9 Å². The third kappa shape index (κ3) is 3.26. The van der Waals surface area contributed by atoms with Gasteiger partial charge in [0.15, 0.2) is 6.29 Å². The molecule has 0 atom stereocenters. The molecule has 0 aromatic carbocycles. The fourth-order valence-electron chi connectivity index (χ4n) is 0.282. The Balaban J connectivity index is 4.24. The molecule has 1 N–H and O–H groups in total. The molecule has 11 heavy (non-hydrogen) atoms. The predicted octanol–water partition coefficient (Wildman–Crippen LogP) is -0.962. The Bertz CT molecular complexity index is 240. The van der Waals surface area contributed by atoms with Crippen LogP contribution in [-0.4, -0.2) is 33.0 Å². The van der Waals surface area contributed by atoms with E-state index in [9.17, 15) is 13.2 Å². The smallest absolute Gasteiger partial charge is 0.299 e. The fourth-order valence-corrected chi connectivity index (χ4v) is 0.845. The van der Waals surface area contributed by atoms with E-state index in [1.165, 1.54) is 0 Å². The molecule has 0 saturated carbocycles. The van der Waals surface area contributed by atoms with Gasteiger partial charge in [0.1, 0.15) is 4.91 Å². The maximum atomic E-state index is 10.7. The number of aliphatic hydroxyl groups is 1. The molecule has 0 aliphatic carbocycles. The first kappa shape index (κ1) is 10.3. The Morgan fingerprint density at radius 1 is 1.64 bits per heavy atom. The molecule has 0 aliphatic rings. The van der Waals surface area contributed by atoms with Crippen molar-refractivity contribution in [2.45, 2.75) is 0 Å². The van der Waals surface area contributed by atoms with Crippen LogP contribution in [0.5, 0.6) is 0 Å². The third-order valence-electron chi connectivity index (χ3n) is 0.782. The number of rotatable bonds is 5. The molecule has 0 heterocycles. The van der Waals surface area contributed by atoms with Gasteiger partial charge in [0, 0.05) is 0 Å². The highest BCUT2D eigenvalue weighted by Gasteiger charge is 2.14. The largest absolute Gasteiger partial charge is 0.394 e. The molecule has 0 bridgehead atoms. The van der Waals surface area contributed by atoms with Crippen molar-refractivity contribution in [3.8, 4) is 0 Å². The van der Waals surface area contributed by atoms with Gasteiger partial charge in [-0.2, -0.15) is 8.42 Å². The molecule has 0 amide bonds. The Labute approximate surface area is 64.4 Å². The molecule has 0 saturated heterocycles. The van der Waals surface area contributed by atoms with Crippen molar-refractivity contribution >= 4 is 16.4 Å². The normalized spacial score (nSPS) is 11.0. The molecule has 64 valence electrons. The first-order valence-corrected chi connectivity index (χ1v) is 4.10. The van der Waals surface area contributed by atoms with Gasteiger partial charge >= 0.3 is 0 Å². The Kier molecular flexibility index (Phi) is 3.94. The van der Waals surface area contributed by atoms with Gasteiger partial charge < -0.3 is 5.11 Å². The highest BCUT2D eigenvalue weighted by molar-refractivity contribution is 7.91. The summed E-state index contributed by atoms with van der Waals surface area (Å²) in [7, 11) is -3.99. The van der Waals surface area contributed by atoms with Crippen molar-refractivity contribution in [1.29, 1.82) is 0 Å². The van der Waals surface area contributed by atoms with Crippen LogP contribution in [0.1, 0.15) is 0 Å². The van der Waals surface area contributed by atoms with Gasteiger partial charge in [-0.25, -0.2) is 0 Å². The average molecular weight is 180 g/mol. The summed E-state index contributed by atoms with van der Waals surface area (Å²) in [5.41, 5.74) is 0. The highest BCUT2D eigenvalue weighted by atomic mass is 32.2. The lowest BCUT2D eigenvalue weighted by molar-refractivity contribution is -0.104. The molecule has 6 heteroatoms. The zero-order valence-corrected chi connectivity index (χ0v) is 6.50. The number of aldehydes is 1. The van der Waals surface area contributed by atoms with E-state index in [1.807, 2.05) is 0 Å². The van der Waals surface area contributed by atoms with Crippen molar-refractivity contribution in [3.63, 3.8) is 0 Å². The maximum absolute atomic E-state index is 10.7.